The molecule has 0 spiro atoms. The molecule has 92 valence electrons. The zero-order valence-electron chi connectivity index (χ0n) is 10.2. The highest BCUT2D eigenvalue weighted by atomic mass is 16.5. The quantitative estimate of drug-likeness (QED) is 0.770. The van der Waals surface area contributed by atoms with Crippen molar-refractivity contribution in [2.75, 3.05) is 13.2 Å². The molecule has 3 heteroatoms. The van der Waals surface area contributed by atoms with E-state index in [0.717, 1.165) is 5.56 Å². The predicted molar refractivity (Wildman–Crippen MR) is 67.7 cm³/mol. The molecule has 0 radical (unpaired) electrons. The van der Waals surface area contributed by atoms with Crippen molar-refractivity contribution in [3.8, 4) is 0 Å². The van der Waals surface area contributed by atoms with E-state index in [1.165, 1.54) is 0 Å². The van der Waals surface area contributed by atoms with E-state index in [9.17, 15) is 4.79 Å². The molecule has 1 aromatic rings. The monoisotopic (exact) mass is 234 g/mol. The normalized spacial score (nSPS) is 11.9. The number of hydrogen-bond donors (Lipinski definition) is 1. The maximum absolute atomic E-state index is 10.8. The molecular weight excluding hydrogens is 216 g/mol. The van der Waals surface area contributed by atoms with Crippen molar-refractivity contribution in [2.45, 2.75) is 13.8 Å². The Morgan fingerprint density at radius 1 is 1.35 bits per heavy atom. The van der Waals surface area contributed by atoms with Gasteiger partial charge < -0.3 is 9.84 Å². The fourth-order valence-electron chi connectivity index (χ4n) is 1.19. The van der Waals surface area contributed by atoms with E-state index in [4.69, 9.17) is 9.84 Å². The van der Waals surface area contributed by atoms with E-state index in [1.54, 1.807) is 13.8 Å². The molecule has 0 atom stereocenters. The lowest BCUT2D eigenvalue weighted by atomic mass is 9.95. The van der Waals surface area contributed by atoms with Crippen molar-refractivity contribution in [3.05, 3.63) is 42.0 Å². The summed E-state index contributed by atoms with van der Waals surface area (Å²) in [5.74, 6) is -0.843. The number of ether oxygens (including phenoxy) is 1. The van der Waals surface area contributed by atoms with Gasteiger partial charge in [0.2, 0.25) is 0 Å². The van der Waals surface area contributed by atoms with Crippen LogP contribution in [-0.4, -0.2) is 24.3 Å². The van der Waals surface area contributed by atoms with Crippen LogP contribution in [0.25, 0.3) is 6.08 Å². The molecule has 0 saturated carbocycles. The summed E-state index contributed by atoms with van der Waals surface area (Å²) in [6.45, 7) is 3.93. The number of carbonyl (C=O) groups is 1. The van der Waals surface area contributed by atoms with Crippen LogP contribution in [0.4, 0.5) is 0 Å². The average molecular weight is 234 g/mol. The van der Waals surface area contributed by atoms with Gasteiger partial charge in [0.25, 0.3) is 0 Å². The highest BCUT2D eigenvalue weighted by Gasteiger charge is 2.26. The number of carboxylic acids is 1. The van der Waals surface area contributed by atoms with Gasteiger partial charge >= 0.3 is 5.97 Å². The van der Waals surface area contributed by atoms with E-state index in [2.05, 4.69) is 0 Å². The Morgan fingerprint density at radius 2 is 2.00 bits per heavy atom. The van der Waals surface area contributed by atoms with E-state index >= 15 is 0 Å². The van der Waals surface area contributed by atoms with Crippen LogP contribution in [0.1, 0.15) is 19.4 Å². The van der Waals surface area contributed by atoms with Crippen LogP contribution in [0.15, 0.2) is 36.4 Å². The largest absolute Gasteiger partial charge is 0.481 e. The predicted octanol–water partition coefficient (Wildman–Crippen LogP) is 2.83. The maximum atomic E-state index is 10.8. The molecule has 17 heavy (non-hydrogen) atoms. The number of benzene rings is 1. The summed E-state index contributed by atoms with van der Waals surface area (Å²) in [5, 5.41) is 8.88. The van der Waals surface area contributed by atoms with Crippen molar-refractivity contribution >= 4 is 12.0 Å². The average Bonchev–Trinajstić information content (AvgIpc) is 2.29. The van der Waals surface area contributed by atoms with Crippen molar-refractivity contribution in [3.63, 3.8) is 0 Å². The second kappa shape index (κ2) is 6.21. The van der Waals surface area contributed by atoms with E-state index in [0.29, 0.717) is 6.61 Å². The van der Waals surface area contributed by atoms with Gasteiger partial charge in [0.05, 0.1) is 18.6 Å². The molecule has 0 aliphatic rings. The minimum atomic E-state index is -0.843. The van der Waals surface area contributed by atoms with Crippen LogP contribution >= 0.6 is 0 Å². The lowest BCUT2D eigenvalue weighted by Gasteiger charge is -2.17. The Labute approximate surface area is 102 Å². The Kier molecular flexibility index (Phi) is 4.91. The van der Waals surface area contributed by atoms with Crippen molar-refractivity contribution in [1.82, 2.24) is 0 Å². The fraction of sp³-hybridized carbons (Fsp3) is 0.357. The summed E-state index contributed by atoms with van der Waals surface area (Å²) in [4.78, 5) is 10.8. The van der Waals surface area contributed by atoms with Crippen LogP contribution < -0.4 is 0 Å². The molecule has 0 bridgehead atoms. The van der Waals surface area contributed by atoms with E-state index in [-0.39, 0.29) is 6.61 Å². The van der Waals surface area contributed by atoms with Gasteiger partial charge in [-0.3, -0.25) is 4.79 Å². The zero-order chi connectivity index (χ0) is 12.7. The fourth-order valence-corrected chi connectivity index (χ4v) is 1.19. The highest BCUT2D eigenvalue weighted by molar-refractivity contribution is 5.73. The van der Waals surface area contributed by atoms with Crippen LogP contribution in [-0.2, 0) is 9.53 Å². The molecule has 1 N–H and O–H groups in total. The van der Waals surface area contributed by atoms with E-state index < -0.39 is 11.4 Å². The van der Waals surface area contributed by atoms with Crippen molar-refractivity contribution < 1.29 is 14.6 Å². The summed E-state index contributed by atoms with van der Waals surface area (Å²) in [7, 11) is 0. The highest BCUT2D eigenvalue weighted by Crippen LogP contribution is 2.15. The molecule has 0 amide bonds. The minimum absolute atomic E-state index is 0.210. The van der Waals surface area contributed by atoms with Crippen molar-refractivity contribution in [1.29, 1.82) is 0 Å². The first-order valence-corrected chi connectivity index (χ1v) is 5.55. The van der Waals surface area contributed by atoms with Gasteiger partial charge in [-0.1, -0.05) is 42.5 Å². The summed E-state index contributed by atoms with van der Waals surface area (Å²) in [6, 6.07) is 9.89. The third-order valence-corrected chi connectivity index (χ3v) is 2.37. The standard InChI is InChI=1S/C14H18O3/c1-14(2,13(15)16)11-17-10-6-9-12-7-4-3-5-8-12/h3-9H,10-11H2,1-2H3,(H,15,16). The second-order valence-electron chi connectivity index (χ2n) is 4.52. The van der Waals surface area contributed by atoms with Gasteiger partial charge in [0.1, 0.15) is 0 Å². The molecule has 1 aromatic carbocycles. The first kappa shape index (κ1) is 13.5. The van der Waals surface area contributed by atoms with Crippen molar-refractivity contribution in [2.24, 2.45) is 5.41 Å². The molecule has 0 aromatic heterocycles. The summed E-state index contributed by atoms with van der Waals surface area (Å²) in [6.07, 6.45) is 3.83. The molecule has 1 rings (SSSR count). The number of aliphatic carboxylic acids is 1. The van der Waals surface area contributed by atoms with Crippen LogP contribution in [0, 0.1) is 5.41 Å². The molecule has 0 heterocycles. The third-order valence-electron chi connectivity index (χ3n) is 2.37. The number of hydrogen-bond acceptors (Lipinski definition) is 2. The molecule has 0 saturated heterocycles. The topological polar surface area (TPSA) is 46.5 Å². The lowest BCUT2D eigenvalue weighted by Crippen LogP contribution is -2.29. The summed E-state index contributed by atoms with van der Waals surface area (Å²) >= 11 is 0. The molecule has 0 fully saturated rings. The SMILES string of the molecule is CC(C)(COCC=Cc1ccccc1)C(=O)O. The Hall–Kier alpha value is -1.61. The Balaban J connectivity index is 2.30. The zero-order valence-corrected chi connectivity index (χ0v) is 10.2. The van der Waals surface area contributed by atoms with Gasteiger partial charge in [0.15, 0.2) is 0 Å². The van der Waals surface area contributed by atoms with Gasteiger partial charge in [0, 0.05) is 0 Å². The van der Waals surface area contributed by atoms with Crippen LogP contribution in [0.2, 0.25) is 0 Å². The smallest absolute Gasteiger partial charge is 0.311 e. The van der Waals surface area contributed by atoms with E-state index in [1.807, 2.05) is 42.5 Å². The lowest BCUT2D eigenvalue weighted by molar-refractivity contribution is -0.150. The van der Waals surface area contributed by atoms with Crippen LogP contribution in [0.3, 0.4) is 0 Å². The van der Waals surface area contributed by atoms with Gasteiger partial charge in [-0.25, -0.2) is 0 Å². The molecule has 0 unspecified atom stereocenters. The summed E-state index contributed by atoms with van der Waals surface area (Å²) < 4.78 is 5.31. The maximum Gasteiger partial charge on any atom is 0.311 e. The number of rotatable bonds is 6. The van der Waals surface area contributed by atoms with Gasteiger partial charge in [-0.15, -0.1) is 0 Å². The molecule has 0 aliphatic carbocycles. The molecule has 0 aliphatic heterocycles. The summed E-state index contributed by atoms with van der Waals surface area (Å²) in [5.41, 5.74) is 0.272. The minimum Gasteiger partial charge on any atom is -0.481 e. The molecular formula is C14H18O3. The molecule has 3 nitrogen and oxygen atoms in total. The number of carboxylic acid groups (broad SMARTS) is 1. The Bertz CT molecular complexity index is 380. The van der Waals surface area contributed by atoms with Gasteiger partial charge in [-0.05, 0) is 19.4 Å². The second-order valence-corrected chi connectivity index (χ2v) is 4.52. The Morgan fingerprint density at radius 3 is 2.59 bits per heavy atom. The van der Waals surface area contributed by atoms with Crippen LogP contribution in [0.5, 0.6) is 0 Å². The first-order chi connectivity index (χ1) is 8.02. The first-order valence-electron chi connectivity index (χ1n) is 5.55. The van der Waals surface area contributed by atoms with Gasteiger partial charge in [-0.2, -0.15) is 0 Å². The third kappa shape index (κ3) is 4.83.